The van der Waals surface area contributed by atoms with Crippen molar-refractivity contribution < 1.29 is 9.53 Å². The van der Waals surface area contributed by atoms with Crippen molar-refractivity contribution in [2.75, 3.05) is 57.2 Å². The van der Waals surface area contributed by atoms with Gasteiger partial charge in [-0.3, -0.25) is 4.79 Å². The van der Waals surface area contributed by atoms with Gasteiger partial charge < -0.3 is 25.6 Å². The summed E-state index contributed by atoms with van der Waals surface area (Å²) >= 11 is 0. The molecule has 1 amide bonds. The number of halogens is 1. The van der Waals surface area contributed by atoms with E-state index in [0.717, 1.165) is 32.0 Å². The molecule has 2 rings (SSSR count). The summed E-state index contributed by atoms with van der Waals surface area (Å²) in [5.41, 5.74) is 6.31. The number of amides is 1. The van der Waals surface area contributed by atoms with Crippen LogP contribution in [-0.2, 0) is 9.53 Å². The standard InChI is InChI=1S/C14H23N5O2.ClH/c1-18-5-7-19(8-6-18)13-4-3-11(9-16-13)17-14(20)12(15)10-21-2;/h3-4,9,12H,5-8,10,15H2,1-2H3,(H,17,20);1H. The number of methoxy groups -OCH3 is 1. The number of pyridine rings is 1. The quantitative estimate of drug-likeness (QED) is 0.801. The van der Waals surface area contributed by atoms with Crippen LogP contribution in [0.5, 0.6) is 0 Å². The summed E-state index contributed by atoms with van der Waals surface area (Å²) in [4.78, 5) is 20.7. The summed E-state index contributed by atoms with van der Waals surface area (Å²) in [7, 11) is 3.63. The fourth-order valence-corrected chi connectivity index (χ4v) is 2.17. The molecule has 0 spiro atoms. The highest BCUT2D eigenvalue weighted by molar-refractivity contribution is 5.94. The number of carbonyl (C=O) groups is 1. The molecule has 22 heavy (non-hydrogen) atoms. The summed E-state index contributed by atoms with van der Waals surface area (Å²) in [6.45, 7) is 4.19. The molecular formula is C14H24ClN5O2. The molecule has 1 aliphatic rings. The van der Waals surface area contributed by atoms with E-state index in [0.29, 0.717) is 5.69 Å². The van der Waals surface area contributed by atoms with E-state index in [9.17, 15) is 4.79 Å². The molecule has 1 fully saturated rings. The zero-order valence-electron chi connectivity index (χ0n) is 13.0. The van der Waals surface area contributed by atoms with E-state index in [1.165, 1.54) is 7.11 Å². The average molecular weight is 330 g/mol. The maximum absolute atomic E-state index is 11.8. The summed E-state index contributed by atoms with van der Waals surface area (Å²) in [6.07, 6.45) is 1.66. The highest BCUT2D eigenvalue weighted by atomic mass is 35.5. The number of nitrogens with one attached hydrogen (secondary N) is 1. The van der Waals surface area contributed by atoms with Crippen molar-refractivity contribution >= 4 is 29.8 Å². The Morgan fingerprint density at radius 1 is 1.41 bits per heavy atom. The Hall–Kier alpha value is -1.41. The minimum absolute atomic E-state index is 0. The highest BCUT2D eigenvalue weighted by Crippen LogP contribution is 2.15. The molecular weight excluding hydrogens is 306 g/mol. The van der Waals surface area contributed by atoms with Crippen molar-refractivity contribution in [3.8, 4) is 0 Å². The molecule has 0 aliphatic carbocycles. The second-order valence-corrected chi connectivity index (χ2v) is 5.25. The van der Waals surface area contributed by atoms with Crippen molar-refractivity contribution in [1.82, 2.24) is 9.88 Å². The number of hydrogen-bond acceptors (Lipinski definition) is 6. The van der Waals surface area contributed by atoms with Gasteiger partial charge in [0.25, 0.3) is 0 Å². The predicted molar refractivity (Wildman–Crippen MR) is 89.7 cm³/mol. The van der Waals surface area contributed by atoms with Gasteiger partial charge in [0, 0.05) is 33.3 Å². The third-order valence-corrected chi connectivity index (χ3v) is 3.53. The van der Waals surface area contributed by atoms with Gasteiger partial charge >= 0.3 is 0 Å². The first kappa shape index (κ1) is 18.6. The molecule has 2 heterocycles. The van der Waals surface area contributed by atoms with Gasteiger partial charge in [-0.2, -0.15) is 0 Å². The Kier molecular flexibility index (Phi) is 7.53. The molecule has 1 aliphatic heterocycles. The molecule has 1 aromatic heterocycles. The van der Waals surface area contributed by atoms with Crippen molar-refractivity contribution in [3.05, 3.63) is 18.3 Å². The minimum Gasteiger partial charge on any atom is -0.383 e. The summed E-state index contributed by atoms with van der Waals surface area (Å²) in [6, 6.07) is 3.09. The number of carbonyl (C=O) groups excluding carboxylic acids is 1. The maximum atomic E-state index is 11.8. The average Bonchev–Trinajstić information content (AvgIpc) is 2.49. The van der Waals surface area contributed by atoms with Crippen LogP contribution in [0.4, 0.5) is 11.5 Å². The van der Waals surface area contributed by atoms with E-state index < -0.39 is 6.04 Å². The lowest BCUT2D eigenvalue weighted by molar-refractivity contribution is -0.118. The van der Waals surface area contributed by atoms with E-state index in [2.05, 4.69) is 27.1 Å². The van der Waals surface area contributed by atoms with Gasteiger partial charge in [-0.25, -0.2) is 4.98 Å². The molecule has 1 unspecified atom stereocenters. The number of rotatable bonds is 5. The molecule has 8 heteroatoms. The predicted octanol–water partition coefficient (Wildman–Crippen LogP) is 0.167. The third-order valence-electron chi connectivity index (χ3n) is 3.53. The second kappa shape index (κ2) is 8.89. The van der Waals surface area contributed by atoms with Gasteiger partial charge in [-0.1, -0.05) is 0 Å². The van der Waals surface area contributed by atoms with Crippen LogP contribution in [0.3, 0.4) is 0 Å². The number of nitrogens with two attached hydrogens (primary N) is 1. The van der Waals surface area contributed by atoms with E-state index in [-0.39, 0.29) is 24.9 Å². The molecule has 0 bridgehead atoms. The Bertz CT molecular complexity index is 463. The molecule has 0 saturated carbocycles. The Labute approximate surface area is 137 Å². The Morgan fingerprint density at radius 3 is 2.64 bits per heavy atom. The highest BCUT2D eigenvalue weighted by Gasteiger charge is 2.16. The largest absolute Gasteiger partial charge is 0.383 e. The van der Waals surface area contributed by atoms with Crippen molar-refractivity contribution in [2.45, 2.75) is 6.04 Å². The molecule has 1 aromatic rings. The summed E-state index contributed by atoms with van der Waals surface area (Å²) in [5.74, 6) is 0.660. The summed E-state index contributed by atoms with van der Waals surface area (Å²) in [5, 5.41) is 2.73. The van der Waals surface area contributed by atoms with Gasteiger partial charge in [0.2, 0.25) is 5.91 Å². The van der Waals surface area contributed by atoms with Crippen LogP contribution in [-0.4, -0.2) is 68.8 Å². The van der Waals surface area contributed by atoms with Crippen molar-refractivity contribution in [3.63, 3.8) is 0 Å². The fraction of sp³-hybridized carbons (Fsp3) is 0.571. The normalized spacial score (nSPS) is 16.8. The fourth-order valence-electron chi connectivity index (χ4n) is 2.17. The molecule has 0 radical (unpaired) electrons. The first-order chi connectivity index (χ1) is 10.1. The molecule has 0 aromatic carbocycles. The zero-order valence-corrected chi connectivity index (χ0v) is 13.8. The van der Waals surface area contributed by atoms with E-state index in [1.54, 1.807) is 6.20 Å². The van der Waals surface area contributed by atoms with Gasteiger partial charge in [0.1, 0.15) is 11.9 Å². The topological polar surface area (TPSA) is 83.7 Å². The SMILES string of the molecule is COCC(N)C(=O)Nc1ccc(N2CCN(C)CC2)nc1.Cl. The number of aromatic nitrogens is 1. The zero-order chi connectivity index (χ0) is 15.2. The smallest absolute Gasteiger partial charge is 0.243 e. The van der Waals surface area contributed by atoms with E-state index in [4.69, 9.17) is 10.5 Å². The lowest BCUT2D eigenvalue weighted by Crippen LogP contribution is -2.44. The van der Waals surface area contributed by atoms with Crippen LogP contribution in [0.2, 0.25) is 0 Å². The lowest BCUT2D eigenvalue weighted by atomic mass is 10.3. The maximum Gasteiger partial charge on any atom is 0.243 e. The number of hydrogen-bond donors (Lipinski definition) is 2. The second-order valence-electron chi connectivity index (χ2n) is 5.25. The number of likely N-dealkylation sites (N-methyl/N-ethyl adjacent to an activating group) is 1. The van der Waals surface area contributed by atoms with Gasteiger partial charge in [0.05, 0.1) is 18.5 Å². The minimum atomic E-state index is -0.674. The van der Waals surface area contributed by atoms with Crippen LogP contribution in [0.15, 0.2) is 18.3 Å². The first-order valence-electron chi connectivity index (χ1n) is 7.05. The van der Waals surface area contributed by atoms with Crippen molar-refractivity contribution in [2.24, 2.45) is 5.73 Å². The van der Waals surface area contributed by atoms with Gasteiger partial charge in [0.15, 0.2) is 0 Å². The van der Waals surface area contributed by atoms with Crippen molar-refractivity contribution in [1.29, 1.82) is 0 Å². The molecule has 1 atom stereocenters. The molecule has 7 nitrogen and oxygen atoms in total. The van der Waals surface area contributed by atoms with Crippen LogP contribution in [0, 0.1) is 0 Å². The summed E-state index contributed by atoms with van der Waals surface area (Å²) < 4.78 is 4.86. The lowest BCUT2D eigenvalue weighted by Gasteiger charge is -2.33. The number of ether oxygens (including phenoxy) is 1. The van der Waals surface area contributed by atoms with E-state index in [1.807, 2.05) is 12.1 Å². The Morgan fingerprint density at radius 2 is 2.09 bits per heavy atom. The van der Waals surface area contributed by atoms with Crippen LogP contribution in [0.25, 0.3) is 0 Å². The van der Waals surface area contributed by atoms with Gasteiger partial charge in [-0.15, -0.1) is 12.4 Å². The van der Waals surface area contributed by atoms with E-state index >= 15 is 0 Å². The molecule has 124 valence electrons. The third kappa shape index (κ3) is 5.10. The van der Waals surface area contributed by atoms with Crippen LogP contribution < -0.4 is 16.0 Å². The number of piperazine rings is 1. The molecule has 1 saturated heterocycles. The Balaban J connectivity index is 0.00000242. The van der Waals surface area contributed by atoms with Crippen LogP contribution >= 0.6 is 12.4 Å². The number of anilines is 2. The van der Waals surface area contributed by atoms with Crippen LogP contribution in [0.1, 0.15) is 0 Å². The molecule has 3 N–H and O–H groups in total. The first-order valence-corrected chi connectivity index (χ1v) is 7.05. The van der Waals surface area contributed by atoms with Gasteiger partial charge in [-0.05, 0) is 19.2 Å². The monoisotopic (exact) mass is 329 g/mol. The number of nitrogens with zero attached hydrogens (tertiary/aromatic N) is 3.